The van der Waals surface area contributed by atoms with E-state index in [1.807, 2.05) is 0 Å². The molecule has 0 aliphatic carbocycles. The number of hydrogen-bond acceptors (Lipinski definition) is 4. The third-order valence-electron chi connectivity index (χ3n) is 3.22. The molecule has 9 heteroatoms. The standard InChI is InChI=1S/C15H9BrF3N3O2/c16-8-1-3-10-12(5-8)21-7-22(14(10)23)9-2-4-13(11(20)6-9)24-15(17,18)19/h1-7H,20H2. The van der Waals surface area contributed by atoms with Gasteiger partial charge in [-0.2, -0.15) is 0 Å². The van der Waals surface area contributed by atoms with Crippen molar-refractivity contribution in [2.24, 2.45) is 0 Å². The lowest BCUT2D eigenvalue weighted by molar-refractivity contribution is -0.274. The minimum absolute atomic E-state index is 0.243. The second-order valence-corrected chi connectivity index (χ2v) is 5.77. The molecular weight excluding hydrogens is 391 g/mol. The van der Waals surface area contributed by atoms with E-state index >= 15 is 0 Å². The lowest BCUT2D eigenvalue weighted by Gasteiger charge is -2.13. The number of nitrogens with zero attached hydrogens (tertiary/aromatic N) is 2. The van der Waals surface area contributed by atoms with Gasteiger partial charge in [-0.05, 0) is 36.4 Å². The van der Waals surface area contributed by atoms with Gasteiger partial charge in [-0.3, -0.25) is 9.36 Å². The van der Waals surface area contributed by atoms with Crippen LogP contribution in [0.15, 0.2) is 52.0 Å². The van der Waals surface area contributed by atoms with Crippen molar-refractivity contribution >= 4 is 32.5 Å². The molecule has 0 saturated carbocycles. The van der Waals surface area contributed by atoms with E-state index in [2.05, 4.69) is 25.7 Å². The lowest BCUT2D eigenvalue weighted by Crippen LogP contribution is -2.20. The number of aromatic nitrogens is 2. The minimum Gasteiger partial charge on any atom is -0.404 e. The number of ether oxygens (including phenoxy) is 1. The number of benzene rings is 2. The Labute approximate surface area is 141 Å². The number of nitrogen functional groups attached to an aromatic ring is 1. The molecule has 24 heavy (non-hydrogen) atoms. The van der Waals surface area contributed by atoms with Gasteiger partial charge in [-0.1, -0.05) is 15.9 Å². The van der Waals surface area contributed by atoms with E-state index in [1.165, 1.54) is 23.0 Å². The first-order valence-corrected chi connectivity index (χ1v) is 7.36. The molecule has 3 rings (SSSR count). The highest BCUT2D eigenvalue weighted by molar-refractivity contribution is 9.10. The molecule has 0 amide bonds. The zero-order chi connectivity index (χ0) is 17.5. The predicted octanol–water partition coefficient (Wildman–Crippen LogP) is 3.63. The van der Waals surface area contributed by atoms with Crippen molar-refractivity contribution in [2.75, 3.05) is 5.73 Å². The topological polar surface area (TPSA) is 70.1 Å². The highest BCUT2D eigenvalue weighted by Gasteiger charge is 2.32. The number of hydrogen-bond donors (Lipinski definition) is 1. The van der Waals surface area contributed by atoms with Gasteiger partial charge in [0, 0.05) is 4.47 Å². The van der Waals surface area contributed by atoms with Gasteiger partial charge < -0.3 is 10.5 Å². The number of anilines is 1. The lowest BCUT2D eigenvalue weighted by atomic mass is 10.2. The zero-order valence-electron chi connectivity index (χ0n) is 11.8. The quantitative estimate of drug-likeness (QED) is 0.668. The molecule has 0 spiro atoms. The summed E-state index contributed by atoms with van der Waals surface area (Å²) in [4.78, 5) is 16.7. The summed E-state index contributed by atoms with van der Waals surface area (Å²) in [5.74, 6) is -0.531. The summed E-state index contributed by atoms with van der Waals surface area (Å²) in [7, 11) is 0. The Morgan fingerprint density at radius 3 is 2.58 bits per heavy atom. The number of fused-ring (bicyclic) bond motifs is 1. The van der Waals surface area contributed by atoms with Gasteiger partial charge in [0.2, 0.25) is 0 Å². The van der Waals surface area contributed by atoms with Crippen LogP contribution in [0.5, 0.6) is 5.75 Å². The molecule has 0 unspecified atom stereocenters. The van der Waals surface area contributed by atoms with Gasteiger partial charge in [0.1, 0.15) is 6.33 Å². The van der Waals surface area contributed by atoms with Crippen molar-refractivity contribution in [1.82, 2.24) is 9.55 Å². The van der Waals surface area contributed by atoms with Crippen molar-refractivity contribution in [1.29, 1.82) is 0 Å². The molecule has 2 N–H and O–H groups in total. The number of alkyl halides is 3. The van der Waals surface area contributed by atoms with E-state index in [1.54, 1.807) is 18.2 Å². The Bertz CT molecular complexity index is 986. The van der Waals surface area contributed by atoms with Gasteiger partial charge in [-0.15, -0.1) is 13.2 Å². The smallest absolute Gasteiger partial charge is 0.404 e. The summed E-state index contributed by atoms with van der Waals surface area (Å²) >= 11 is 3.29. The number of rotatable bonds is 2. The van der Waals surface area contributed by atoms with Crippen molar-refractivity contribution in [2.45, 2.75) is 6.36 Å². The highest BCUT2D eigenvalue weighted by Crippen LogP contribution is 2.29. The Morgan fingerprint density at radius 2 is 1.92 bits per heavy atom. The Kier molecular flexibility index (Phi) is 3.96. The Hall–Kier alpha value is -2.55. The zero-order valence-corrected chi connectivity index (χ0v) is 13.4. The summed E-state index contributed by atoms with van der Waals surface area (Å²) < 4.78 is 42.6. The first-order chi connectivity index (χ1) is 11.2. The molecule has 3 aromatic rings. The Morgan fingerprint density at radius 1 is 1.17 bits per heavy atom. The van der Waals surface area contributed by atoms with Crippen LogP contribution in [0.2, 0.25) is 0 Å². The third-order valence-corrected chi connectivity index (χ3v) is 3.71. The fourth-order valence-corrected chi connectivity index (χ4v) is 2.53. The summed E-state index contributed by atoms with van der Waals surface area (Å²) in [6, 6.07) is 8.56. The maximum atomic E-state index is 12.5. The van der Waals surface area contributed by atoms with Crippen LogP contribution in [0, 0.1) is 0 Å². The summed E-state index contributed by atoms with van der Waals surface area (Å²) in [5.41, 5.74) is 5.75. The van der Waals surface area contributed by atoms with E-state index in [0.717, 1.165) is 10.5 Å². The third kappa shape index (κ3) is 3.21. The van der Waals surface area contributed by atoms with Gasteiger partial charge in [-0.25, -0.2) is 4.98 Å². The second kappa shape index (κ2) is 5.82. The average Bonchev–Trinajstić information content (AvgIpc) is 2.48. The fourth-order valence-electron chi connectivity index (χ4n) is 2.18. The molecule has 5 nitrogen and oxygen atoms in total. The number of halogens is 4. The molecule has 2 aromatic carbocycles. The molecule has 124 valence electrons. The summed E-state index contributed by atoms with van der Waals surface area (Å²) in [5, 5.41) is 0.370. The van der Waals surface area contributed by atoms with Crippen molar-refractivity contribution < 1.29 is 17.9 Å². The van der Waals surface area contributed by atoms with E-state index in [0.29, 0.717) is 10.9 Å². The van der Waals surface area contributed by atoms with Crippen LogP contribution in [0.4, 0.5) is 18.9 Å². The van der Waals surface area contributed by atoms with Crippen molar-refractivity contribution in [3.8, 4) is 11.4 Å². The van der Waals surface area contributed by atoms with Crippen molar-refractivity contribution in [3.63, 3.8) is 0 Å². The fraction of sp³-hybridized carbons (Fsp3) is 0.0667. The second-order valence-electron chi connectivity index (χ2n) is 4.85. The van der Waals surface area contributed by atoms with Crippen molar-refractivity contribution in [3.05, 3.63) is 57.6 Å². The number of nitrogens with two attached hydrogens (primary N) is 1. The van der Waals surface area contributed by atoms with Crippen LogP contribution in [-0.4, -0.2) is 15.9 Å². The molecule has 0 atom stereocenters. The maximum Gasteiger partial charge on any atom is 0.573 e. The molecule has 0 fully saturated rings. The van der Waals surface area contributed by atoms with Gasteiger partial charge in [0.25, 0.3) is 5.56 Å². The maximum absolute atomic E-state index is 12.5. The molecular formula is C15H9BrF3N3O2. The van der Waals surface area contributed by atoms with Crippen LogP contribution in [-0.2, 0) is 0 Å². The average molecular weight is 400 g/mol. The van der Waals surface area contributed by atoms with Crippen LogP contribution in [0.3, 0.4) is 0 Å². The molecule has 0 aliphatic heterocycles. The van der Waals surface area contributed by atoms with E-state index in [-0.39, 0.29) is 16.9 Å². The summed E-state index contributed by atoms with van der Waals surface area (Å²) in [6.45, 7) is 0. The molecule has 0 saturated heterocycles. The molecule has 1 heterocycles. The van der Waals surface area contributed by atoms with Gasteiger partial charge in [0.15, 0.2) is 5.75 Å². The van der Waals surface area contributed by atoms with E-state index in [9.17, 15) is 18.0 Å². The van der Waals surface area contributed by atoms with Crippen LogP contribution < -0.4 is 16.0 Å². The van der Waals surface area contributed by atoms with Gasteiger partial charge in [0.05, 0.1) is 22.3 Å². The normalized spacial score (nSPS) is 11.7. The van der Waals surface area contributed by atoms with E-state index in [4.69, 9.17) is 5.73 Å². The minimum atomic E-state index is -4.84. The molecule has 0 aliphatic rings. The van der Waals surface area contributed by atoms with Crippen LogP contribution in [0.25, 0.3) is 16.6 Å². The molecule has 0 radical (unpaired) electrons. The predicted molar refractivity (Wildman–Crippen MR) is 86.1 cm³/mol. The monoisotopic (exact) mass is 399 g/mol. The van der Waals surface area contributed by atoms with E-state index < -0.39 is 12.1 Å². The summed E-state index contributed by atoms with van der Waals surface area (Å²) in [6.07, 6.45) is -3.56. The molecule has 1 aromatic heterocycles. The van der Waals surface area contributed by atoms with Gasteiger partial charge >= 0.3 is 6.36 Å². The first-order valence-electron chi connectivity index (χ1n) is 6.57. The SMILES string of the molecule is Nc1cc(-n2cnc3cc(Br)ccc3c2=O)ccc1OC(F)(F)F. The molecule has 0 bridgehead atoms. The van der Waals surface area contributed by atoms with Crippen LogP contribution >= 0.6 is 15.9 Å². The Balaban J connectivity index is 2.08. The largest absolute Gasteiger partial charge is 0.573 e. The highest BCUT2D eigenvalue weighted by atomic mass is 79.9. The van der Waals surface area contributed by atoms with Crippen LogP contribution in [0.1, 0.15) is 0 Å². The first kappa shape index (κ1) is 16.3.